The normalized spacial score (nSPS) is 18.4. The maximum atomic E-state index is 15.6. The second kappa shape index (κ2) is 19.0. The highest BCUT2D eigenvalue weighted by molar-refractivity contribution is 8.00. The first-order valence-corrected chi connectivity index (χ1v) is 16.9. The van der Waals surface area contributed by atoms with Crippen molar-refractivity contribution in [3.63, 3.8) is 0 Å². The third-order valence-electron chi connectivity index (χ3n) is 7.74. The highest BCUT2D eigenvalue weighted by Gasteiger charge is 2.46. The van der Waals surface area contributed by atoms with Crippen LogP contribution in [0.15, 0.2) is 67.3 Å². The average molecular weight is 744 g/mol. The smallest absolute Gasteiger partial charge is 0.323 e. The molecule has 1 fully saturated rings. The van der Waals surface area contributed by atoms with Gasteiger partial charge < -0.3 is 29.8 Å². The standard InChI is InChI=1S/C35H36F3N5O8S/c1-22(52-26-17-49-33(50-18-26)7-3-2-5-24-9-8-23(16-39)13-28(24)37)35(19-43-21-41-20-42-43,27-11-10-25(36)14-29(27)38)51-32(46)6-4-12-48-34(47)30(40)15-31(44)45/h2-3,5,7-11,13-14,20-22,26,30,33H,4,6,12,15,17-19,40H2,1H3,(H,44,45)/t22-,26?,30+,33?,35-/m1/s1. The van der Waals surface area contributed by atoms with E-state index in [1.807, 2.05) is 6.07 Å². The van der Waals surface area contributed by atoms with E-state index in [0.717, 1.165) is 12.1 Å². The third-order valence-corrected chi connectivity index (χ3v) is 9.19. The van der Waals surface area contributed by atoms with Gasteiger partial charge in [-0.2, -0.15) is 10.4 Å². The van der Waals surface area contributed by atoms with Crippen LogP contribution in [0.1, 0.15) is 42.9 Å². The largest absolute Gasteiger partial charge is 0.481 e. The summed E-state index contributed by atoms with van der Waals surface area (Å²) in [5.41, 5.74) is 4.13. The van der Waals surface area contributed by atoms with Crippen molar-refractivity contribution in [3.05, 3.63) is 101 Å². The first-order valence-electron chi connectivity index (χ1n) is 16.0. The van der Waals surface area contributed by atoms with Gasteiger partial charge in [-0.25, -0.2) is 22.8 Å². The molecular formula is C35H36F3N5O8S. The number of ether oxygens (including phenoxy) is 4. The molecule has 2 aromatic carbocycles. The SMILES string of the molecule is C[C@@H](SC1COC(C=CC=Cc2ccc(C#N)cc2F)OC1)[C@@](Cn1cncn1)(OC(=O)CCCOC(=O)[C@@H](N)CC(=O)O)c1ccc(F)cc1F. The Morgan fingerprint density at radius 2 is 1.94 bits per heavy atom. The van der Waals surface area contributed by atoms with Crippen LogP contribution in [0.25, 0.3) is 6.08 Å². The van der Waals surface area contributed by atoms with Gasteiger partial charge in [0.15, 0.2) is 11.9 Å². The molecule has 276 valence electrons. The van der Waals surface area contributed by atoms with Gasteiger partial charge in [0.25, 0.3) is 0 Å². The Morgan fingerprint density at radius 1 is 1.17 bits per heavy atom. The Balaban J connectivity index is 1.45. The van der Waals surface area contributed by atoms with E-state index in [0.29, 0.717) is 11.6 Å². The third kappa shape index (κ3) is 11.2. The second-order valence-corrected chi connectivity index (χ2v) is 13.2. The molecule has 3 atom stereocenters. The van der Waals surface area contributed by atoms with E-state index < -0.39 is 65.0 Å². The molecule has 0 bridgehead atoms. The lowest BCUT2D eigenvalue weighted by Crippen LogP contribution is -2.47. The molecule has 3 N–H and O–H groups in total. The number of thioether (sulfide) groups is 1. The Labute approximate surface area is 301 Å². The molecule has 1 aliphatic rings. The van der Waals surface area contributed by atoms with Gasteiger partial charge in [0.2, 0.25) is 0 Å². The molecule has 17 heteroatoms. The van der Waals surface area contributed by atoms with Crippen LogP contribution in [0.4, 0.5) is 13.2 Å². The van der Waals surface area contributed by atoms with E-state index in [1.54, 1.807) is 25.2 Å². The summed E-state index contributed by atoms with van der Waals surface area (Å²) in [6.07, 6.45) is 7.35. The van der Waals surface area contributed by atoms with Crippen LogP contribution in [0.3, 0.4) is 0 Å². The summed E-state index contributed by atoms with van der Waals surface area (Å²) in [4.78, 5) is 40.1. The number of aliphatic carboxylic acids is 1. The molecule has 1 saturated heterocycles. The molecule has 0 aliphatic carbocycles. The number of allylic oxidation sites excluding steroid dienone is 2. The molecule has 4 rings (SSSR count). The van der Waals surface area contributed by atoms with E-state index in [2.05, 4.69) is 10.1 Å². The van der Waals surface area contributed by atoms with Crippen LogP contribution in [-0.4, -0.2) is 80.4 Å². The minimum atomic E-state index is -1.77. The number of carboxylic acid groups (broad SMARTS) is 1. The predicted octanol–water partition coefficient (Wildman–Crippen LogP) is 4.26. The fraction of sp³-hybridized carbons (Fsp3) is 0.371. The number of aromatic nitrogens is 3. The van der Waals surface area contributed by atoms with E-state index in [4.69, 9.17) is 35.0 Å². The maximum Gasteiger partial charge on any atom is 0.323 e. The molecule has 1 aromatic heterocycles. The minimum Gasteiger partial charge on any atom is -0.481 e. The summed E-state index contributed by atoms with van der Waals surface area (Å²) in [6, 6.07) is 7.58. The van der Waals surface area contributed by atoms with Crippen molar-refractivity contribution < 1.29 is 51.6 Å². The molecule has 3 aromatic rings. The van der Waals surface area contributed by atoms with Gasteiger partial charge >= 0.3 is 17.9 Å². The van der Waals surface area contributed by atoms with Crippen molar-refractivity contribution in [2.24, 2.45) is 5.73 Å². The molecule has 52 heavy (non-hydrogen) atoms. The summed E-state index contributed by atoms with van der Waals surface area (Å²) in [6.45, 7) is 1.61. The van der Waals surface area contributed by atoms with Gasteiger partial charge in [0.05, 0.1) is 49.7 Å². The minimum absolute atomic E-state index is 0.0198. The molecule has 13 nitrogen and oxygen atoms in total. The monoisotopic (exact) mass is 743 g/mol. The summed E-state index contributed by atoms with van der Waals surface area (Å²) < 4.78 is 67.9. The van der Waals surface area contributed by atoms with Crippen LogP contribution in [0.5, 0.6) is 0 Å². The van der Waals surface area contributed by atoms with Crippen molar-refractivity contribution in [1.29, 1.82) is 5.26 Å². The Hall–Kier alpha value is -5.02. The fourth-order valence-electron chi connectivity index (χ4n) is 5.15. The first-order chi connectivity index (χ1) is 24.9. The average Bonchev–Trinajstić information content (AvgIpc) is 3.62. The number of nitriles is 1. The molecular weight excluding hydrogens is 707 g/mol. The topological polar surface area (TPSA) is 189 Å². The second-order valence-electron chi connectivity index (χ2n) is 11.6. The number of esters is 2. The first kappa shape index (κ1) is 39.8. The lowest BCUT2D eigenvalue weighted by atomic mass is 9.89. The maximum absolute atomic E-state index is 15.6. The number of hydrogen-bond acceptors (Lipinski definition) is 12. The Morgan fingerprint density at radius 3 is 2.60 bits per heavy atom. The van der Waals surface area contributed by atoms with Gasteiger partial charge in [-0.3, -0.25) is 14.4 Å². The van der Waals surface area contributed by atoms with Crippen LogP contribution in [0.2, 0.25) is 0 Å². The number of carboxylic acids is 1. The number of nitrogens with zero attached hydrogens (tertiary/aromatic N) is 4. The van der Waals surface area contributed by atoms with Crippen LogP contribution in [0, 0.1) is 28.8 Å². The molecule has 2 heterocycles. The number of halogens is 3. The van der Waals surface area contributed by atoms with Gasteiger partial charge in [-0.1, -0.05) is 24.3 Å². The Bertz CT molecular complexity index is 1800. The zero-order valence-corrected chi connectivity index (χ0v) is 28.7. The Kier molecular flexibility index (Phi) is 14.5. The van der Waals surface area contributed by atoms with E-state index in [9.17, 15) is 23.2 Å². The van der Waals surface area contributed by atoms with Gasteiger partial charge in [0, 0.05) is 28.9 Å². The van der Waals surface area contributed by atoms with Crippen molar-refractivity contribution in [1.82, 2.24) is 14.8 Å². The summed E-state index contributed by atoms with van der Waals surface area (Å²) in [5, 5.41) is 20.8. The zero-order chi connectivity index (χ0) is 37.7. The number of carbonyl (C=O) groups excluding carboxylic acids is 2. The van der Waals surface area contributed by atoms with Crippen LogP contribution < -0.4 is 5.73 Å². The fourth-order valence-corrected chi connectivity index (χ4v) is 6.51. The molecule has 0 spiro atoms. The van der Waals surface area contributed by atoms with Crippen LogP contribution >= 0.6 is 11.8 Å². The number of rotatable bonds is 17. The van der Waals surface area contributed by atoms with Crippen molar-refractivity contribution in [3.8, 4) is 6.07 Å². The lowest BCUT2D eigenvalue weighted by Gasteiger charge is -2.40. The van der Waals surface area contributed by atoms with E-state index >= 15 is 4.39 Å². The number of hydrogen-bond donors (Lipinski definition) is 2. The highest BCUT2D eigenvalue weighted by atomic mass is 32.2. The molecule has 0 radical (unpaired) electrons. The highest BCUT2D eigenvalue weighted by Crippen LogP contribution is 2.42. The van der Waals surface area contributed by atoms with Crippen molar-refractivity contribution >= 4 is 35.7 Å². The quantitative estimate of drug-likeness (QED) is 0.113. The number of nitrogens with two attached hydrogens (primary N) is 1. The summed E-state index contributed by atoms with van der Waals surface area (Å²) in [7, 11) is 0. The predicted molar refractivity (Wildman–Crippen MR) is 180 cm³/mol. The van der Waals surface area contributed by atoms with Gasteiger partial charge in [-0.15, -0.1) is 11.8 Å². The number of carbonyl (C=O) groups is 3. The number of benzene rings is 2. The molecule has 0 saturated carbocycles. The van der Waals surface area contributed by atoms with E-state index in [-0.39, 0.29) is 55.6 Å². The van der Waals surface area contributed by atoms with Crippen LogP contribution in [-0.2, 0) is 45.5 Å². The van der Waals surface area contributed by atoms with Crippen molar-refractivity contribution in [2.45, 2.75) is 61.2 Å². The van der Waals surface area contributed by atoms with Gasteiger partial charge in [-0.05, 0) is 43.7 Å². The molecule has 0 unspecified atom stereocenters. The molecule has 1 aliphatic heterocycles. The summed E-state index contributed by atoms with van der Waals surface area (Å²) >= 11 is 1.29. The summed E-state index contributed by atoms with van der Waals surface area (Å²) in [5.74, 6) is -5.35. The van der Waals surface area contributed by atoms with E-state index in [1.165, 1.54) is 53.4 Å². The molecule has 0 amide bonds. The lowest BCUT2D eigenvalue weighted by molar-refractivity contribution is -0.164. The zero-order valence-electron chi connectivity index (χ0n) is 27.9. The van der Waals surface area contributed by atoms with Gasteiger partial charge in [0.1, 0.15) is 36.1 Å². The van der Waals surface area contributed by atoms with Crippen molar-refractivity contribution in [2.75, 3.05) is 19.8 Å².